The minimum atomic E-state index is 0.864. The topological polar surface area (TPSA) is 22.1 Å². The molecule has 0 fully saturated rings. The number of methoxy groups -OCH3 is 1. The van der Waals surface area contributed by atoms with Gasteiger partial charge in [-0.3, -0.25) is 4.98 Å². The molecule has 2 nitrogen and oxygen atoms in total. The first-order valence-electron chi connectivity index (χ1n) is 5.96. The van der Waals surface area contributed by atoms with Gasteiger partial charge in [0.15, 0.2) is 0 Å². The fraction of sp³-hybridized carbons (Fsp3) is 0.0625. The maximum Gasteiger partial charge on any atom is 0.118 e. The van der Waals surface area contributed by atoms with Crippen molar-refractivity contribution in [3.8, 4) is 16.9 Å². The first-order chi connectivity index (χ1) is 9.28. The van der Waals surface area contributed by atoms with Gasteiger partial charge in [-0.1, -0.05) is 28.1 Å². The minimum absolute atomic E-state index is 0.864. The zero-order chi connectivity index (χ0) is 13.2. The summed E-state index contributed by atoms with van der Waals surface area (Å²) in [4.78, 5) is 4.40. The lowest BCUT2D eigenvalue weighted by Gasteiger charge is -2.07. The Morgan fingerprint density at radius 2 is 1.79 bits per heavy atom. The highest BCUT2D eigenvalue weighted by Crippen LogP contribution is 2.30. The molecule has 0 bridgehead atoms. The Labute approximate surface area is 120 Å². The molecule has 0 atom stereocenters. The van der Waals surface area contributed by atoms with E-state index in [4.69, 9.17) is 4.74 Å². The number of rotatable bonds is 2. The van der Waals surface area contributed by atoms with Crippen LogP contribution in [0.5, 0.6) is 5.75 Å². The molecule has 0 unspecified atom stereocenters. The third kappa shape index (κ3) is 2.34. The average molecular weight is 314 g/mol. The predicted molar refractivity (Wildman–Crippen MR) is 81.4 cm³/mol. The Morgan fingerprint density at radius 3 is 2.53 bits per heavy atom. The van der Waals surface area contributed by atoms with E-state index in [1.807, 2.05) is 36.5 Å². The first kappa shape index (κ1) is 12.2. The Bertz CT molecular complexity index is 722. The zero-order valence-electron chi connectivity index (χ0n) is 10.4. The predicted octanol–water partition coefficient (Wildman–Crippen LogP) is 4.67. The molecule has 3 heteroatoms. The quantitative estimate of drug-likeness (QED) is 0.685. The second kappa shape index (κ2) is 5.02. The van der Waals surface area contributed by atoms with Crippen LogP contribution in [0.2, 0.25) is 0 Å². The molecule has 1 heterocycles. The van der Waals surface area contributed by atoms with Crippen LogP contribution in [0.3, 0.4) is 0 Å². The molecule has 0 saturated carbocycles. The zero-order valence-corrected chi connectivity index (χ0v) is 12.0. The highest BCUT2D eigenvalue weighted by molar-refractivity contribution is 9.10. The molecule has 1 aromatic heterocycles. The summed E-state index contributed by atoms with van der Waals surface area (Å²) >= 11 is 3.51. The highest BCUT2D eigenvalue weighted by Gasteiger charge is 2.05. The van der Waals surface area contributed by atoms with Crippen LogP contribution in [0.25, 0.3) is 22.0 Å². The van der Waals surface area contributed by atoms with Gasteiger partial charge in [0.2, 0.25) is 0 Å². The second-order valence-corrected chi connectivity index (χ2v) is 5.16. The lowest BCUT2D eigenvalue weighted by Crippen LogP contribution is -1.86. The molecule has 0 aliphatic rings. The standard InChI is InChI=1S/C16H12BrNO/c1-19-13-5-2-11(3-6-13)14-8-9-18-16-7-4-12(17)10-15(14)16/h2-10H,1H3. The van der Waals surface area contributed by atoms with Crippen LogP contribution in [-0.4, -0.2) is 12.1 Å². The largest absolute Gasteiger partial charge is 0.497 e. The first-order valence-corrected chi connectivity index (χ1v) is 6.76. The van der Waals surface area contributed by atoms with Gasteiger partial charge in [0.1, 0.15) is 5.75 Å². The second-order valence-electron chi connectivity index (χ2n) is 4.25. The van der Waals surface area contributed by atoms with E-state index in [-0.39, 0.29) is 0 Å². The van der Waals surface area contributed by atoms with E-state index in [0.29, 0.717) is 0 Å². The lowest BCUT2D eigenvalue weighted by molar-refractivity contribution is 0.415. The molecule has 94 valence electrons. The highest BCUT2D eigenvalue weighted by atomic mass is 79.9. The maximum atomic E-state index is 5.19. The van der Waals surface area contributed by atoms with Crippen molar-refractivity contribution in [2.45, 2.75) is 0 Å². The normalized spacial score (nSPS) is 10.6. The van der Waals surface area contributed by atoms with Gasteiger partial charge in [-0.2, -0.15) is 0 Å². The monoisotopic (exact) mass is 313 g/mol. The van der Waals surface area contributed by atoms with E-state index in [9.17, 15) is 0 Å². The summed E-state index contributed by atoms with van der Waals surface area (Å²) < 4.78 is 6.25. The number of hydrogen-bond acceptors (Lipinski definition) is 2. The summed E-state index contributed by atoms with van der Waals surface area (Å²) in [6, 6.07) is 16.2. The SMILES string of the molecule is COc1ccc(-c2ccnc3ccc(Br)cc23)cc1. The molecule has 0 amide bonds. The number of pyridine rings is 1. The van der Waals surface area contributed by atoms with E-state index in [1.54, 1.807) is 7.11 Å². The van der Waals surface area contributed by atoms with Gasteiger partial charge in [-0.25, -0.2) is 0 Å². The molecule has 3 aromatic rings. The van der Waals surface area contributed by atoms with Crippen LogP contribution in [-0.2, 0) is 0 Å². The van der Waals surface area contributed by atoms with Crippen LogP contribution >= 0.6 is 15.9 Å². The van der Waals surface area contributed by atoms with Crippen molar-refractivity contribution in [3.63, 3.8) is 0 Å². The number of nitrogens with zero attached hydrogens (tertiary/aromatic N) is 1. The summed E-state index contributed by atoms with van der Waals surface area (Å²) in [5, 5.41) is 1.14. The number of hydrogen-bond donors (Lipinski definition) is 0. The van der Waals surface area contributed by atoms with Crippen molar-refractivity contribution < 1.29 is 4.74 Å². The Hall–Kier alpha value is -1.87. The smallest absolute Gasteiger partial charge is 0.118 e. The van der Waals surface area contributed by atoms with Gasteiger partial charge >= 0.3 is 0 Å². The molecular weight excluding hydrogens is 302 g/mol. The molecule has 19 heavy (non-hydrogen) atoms. The van der Waals surface area contributed by atoms with Crippen molar-refractivity contribution in [1.29, 1.82) is 0 Å². The van der Waals surface area contributed by atoms with Crippen LogP contribution in [0.4, 0.5) is 0 Å². The molecule has 0 saturated heterocycles. The fourth-order valence-electron chi connectivity index (χ4n) is 2.14. The van der Waals surface area contributed by atoms with E-state index in [2.05, 4.69) is 39.1 Å². The van der Waals surface area contributed by atoms with Gasteiger partial charge < -0.3 is 4.74 Å². The van der Waals surface area contributed by atoms with Gasteiger partial charge in [0.05, 0.1) is 12.6 Å². The molecule has 0 N–H and O–H groups in total. The van der Waals surface area contributed by atoms with Crippen LogP contribution in [0, 0.1) is 0 Å². The minimum Gasteiger partial charge on any atom is -0.497 e. The van der Waals surface area contributed by atoms with Crippen LogP contribution < -0.4 is 4.74 Å². The number of benzene rings is 2. The Morgan fingerprint density at radius 1 is 1.00 bits per heavy atom. The molecule has 0 spiro atoms. The van der Waals surface area contributed by atoms with Crippen LogP contribution in [0.1, 0.15) is 0 Å². The maximum absolute atomic E-state index is 5.19. The molecule has 3 rings (SSSR count). The van der Waals surface area contributed by atoms with Gasteiger partial charge in [0, 0.05) is 16.1 Å². The summed E-state index contributed by atoms with van der Waals surface area (Å²) in [5.74, 6) is 0.864. The van der Waals surface area contributed by atoms with E-state index < -0.39 is 0 Å². The van der Waals surface area contributed by atoms with Crippen molar-refractivity contribution in [3.05, 3.63) is 59.2 Å². The molecular formula is C16H12BrNO. The summed E-state index contributed by atoms with van der Waals surface area (Å²) in [5.41, 5.74) is 3.33. The Kier molecular flexibility index (Phi) is 3.22. The fourth-order valence-corrected chi connectivity index (χ4v) is 2.50. The number of aromatic nitrogens is 1. The molecule has 0 radical (unpaired) electrons. The summed E-state index contributed by atoms with van der Waals surface area (Å²) in [7, 11) is 1.67. The summed E-state index contributed by atoms with van der Waals surface area (Å²) in [6.45, 7) is 0. The van der Waals surface area contributed by atoms with Gasteiger partial charge in [-0.05, 0) is 47.5 Å². The van der Waals surface area contributed by atoms with Gasteiger partial charge in [0.25, 0.3) is 0 Å². The van der Waals surface area contributed by atoms with Gasteiger partial charge in [-0.15, -0.1) is 0 Å². The third-order valence-electron chi connectivity index (χ3n) is 3.10. The van der Waals surface area contributed by atoms with Crippen molar-refractivity contribution >= 4 is 26.8 Å². The average Bonchev–Trinajstić information content (AvgIpc) is 2.47. The third-order valence-corrected chi connectivity index (χ3v) is 3.60. The van der Waals surface area contributed by atoms with Crippen molar-refractivity contribution in [2.75, 3.05) is 7.11 Å². The van der Waals surface area contributed by atoms with E-state index in [1.165, 1.54) is 5.56 Å². The van der Waals surface area contributed by atoms with Crippen LogP contribution in [0.15, 0.2) is 59.2 Å². The number of ether oxygens (including phenoxy) is 1. The molecule has 0 aliphatic carbocycles. The van der Waals surface area contributed by atoms with Crippen molar-refractivity contribution in [2.24, 2.45) is 0 Å². The Balaban J connectivity index is 2.20. The number of fused-ring (bicyclic) bond motifs is 1. The summed E-state index contributed by atoms with van der Waals surface area (Å²) in [6.07, 6.45) is 1.84. The van der Waals surface area contributed by atoms with E-state index in [0.717, 1.165) is 26.7 Å². The molecule has 0 aliphatic heterocycles. The van der Waals surface area contributed by atoms with E-state index >= 15 is 0 Å². The van der Waals surface area contributed by atoms with Crippen molar-refractivity contribution in [1.82, 2.24) is 4.98 Å². The number of halogens is 1. The lowest BCUT2D eigenvalue weighted by atomic mass is 10.0. The molecule has 2 aromatic carbocycles.